The first-order valence-corrected chi connectivity index (χ1v) is 7.53. The fourth-order valence-electron chi connectivity index (χ4n) is 5.52. The number of hydrogen-bond acceptors (Lipinski definition) is 2. The lowest BCUT2D eigenvalue weighted by Gasteiger charge is -2.65. The van der Waals surface area contributed by atoms with E-state index in [2.05, 4.69) is 20.1 Å². The molecule has 2 heteroatoms. The molecular weight excluding hydrogens is 236 g/mol. The monoisotopic (exact) mass is 262 g/mol. The molecule has 0 aromatic rings. The lowest BCUT2D eigenvalue weighted by molar-refractivity contribution is -0.252. The molecular formula is C17H26O2. The van der Waals surface area contributed by atoms with Crippen LogP contribution >= 0.6 is 0 Å². The minimum Gasteiger partial charge on any atom is -0.371 e. The summed E-state index contributed by atoms with van der Waals surface area (Å²) in [7, 11) is 0. The Morgan fingerprint density at radius 2 is 1.47 bits per heavy atom. The predicted molar refractivity (Wildman–Crippen MR) is 77.1 cm³/mol. The summed E-state index contributed by atoms with van der Waals surface area (Å²) in [6.07, 6.45) is 11.0. The number of hydrogen-bond donors (Lipinski definition) is 0. The van der Waals surface area contributed by atoms with Crippen LogP contribution < -0.4 is 0 Å². The van der Waals surface area contributed by atoms with Crippen LogP contribution in [0, 0.1) is 11.3 Å². The second kappa shape index (κ2) is 4.46. The smallest absolute Gasteiger partial charge is 0.0722 e. The van der Waals surface area contributed by atoms with E-state index < -0.39 is 0 Å². The van der Waals surface area contributed by atoms with Crippen molar-refractivity contribution in [2.24, 2.45) is 11.3 Å². The summed E-state index contributed by atoms with van der Waals surface area (Å²) in [5.41, 5.74) is 0.495. The van der Waals surface area contributed by atoms with Crippen LogP contribution in [-0.4, -0.2) is 24.4 Å². The highest BCUT2D eigenvalue weighted by Crippen LogP contribution is 2.65. The molecule has 0 radical (unpaired) electrons. The largest absolute Gasteiger partial charge is 0.371 e. The van der Waals surface area contributed by atoms with Gasteiger partial charge < -0.3 is 9.47 Å². The maximum absolute atomic E-state index is 6.24. The van der Waals surface area contributed by atoms with Gasteiger partial charge in [0.2, 0.25) is 0 Å². The van der Waals surface area contributed by atoms with Gasteiger partial charge in [0.15, 0.2) is 0 Å². The first-order chi connectivity index (χ1) is 9.03. The highest BCUT2D eigenvalue weighted by molar-refractivity contribution is 5.15. The van der Waals surface area contributed by atoms with E-state index in [0.717, 1.165) is 12.3 Å². The minimum atomic E-state index is 0.0452. The molecule has 0 aromatic heterocycles. The van der Waals surface area contributed by atoms with Crippen molar-refractivity contribution in [1.82, 2.24) is 0 Å². The lowest BCUT2D eigenvalue weighted by atomic mass is 9.46. The molecule has 4 saturated carbocycles. The van der Waals surface area contributed by atoms with Gasteiger partial charge in [-0.2, -0.15) is 0 Å². The van der Waals surface area contributed by atoms with Crippen LogP contribution in [0.3, 0.4) is 0 Å². The van der Waals surface area contributed by atoms with Crippen molar-refractivity contribution in [2.45, 2.75) is 56.7 Å². The third-order valence-corrected chi connectivity index (χ3v) is 5.26. The Morgan fingerprint density at radius 1 is 0.947 bits per heavy atom. The standard InChI is InChI=1S/C17H26O2/c1-4-6-18-16-9-14-8-15(3,11-16)12-17(10-14,13-16)19-7-5-2/h4-5,14H,1-2,6-13H2,3H3. The molecule has 4 rings (SSSR count). The zero-order valence-corrected chi connectivity index (χ0v) is 12.1. The van der Waals surface area contributed by atoms with Gasteiger partial charge >= 0.3 is 0 Å². The van der Waals surface area contributed by atoms with E-state index in [0.29, 0.717) is 18.6 Å². The molecule has 2 nitrogen and oxygen atoms in total. The van der Waals surface area contributed by atoms with Gasteiger partial charge in [0.05, 0.1) is 24.4 Å². The van der Waals surface area contributed by atoms with E-state index in [1.54, 1.807) is 0 Å². The molecule has 0 aromatic carbocycles. The molecule has 4 aliphatic carbocycles. The second-order valence-electron chi connectivity index (χ2n) is 7.38. The van der Waals surface area contributed by atoms with Crippen molar-refractivity contribution < 1.29 is 9.47 Å². The molecule has 2 unspecified atom stereocenters. The summed E-state index contributed by atoms with van der Waals surface area (Å²) < 4.78 is 12.5. The molecule has 4 fully saturated rings. The van der Waals surface area contributed by atoms with Crippen molar-refractivity contribution in [3.05, 3.63) is 25.3 Å². The maximum atomic E-state index is 6.24. The molecule has 106 valence electrons. The van der Waals surface area contributed by atoms with Crippen LogP contribution in [0.4, 0.5) is 0 Å². The topological polar surface area (TPSA) is 18.5 Å². The Bertz CT molecular complexity index is 359. The zero-order chi connectivity index (χ0) is 13.6. The Balaban J connectivity index is 1.85. The highest BCUT2D eigenvalue weighted by atomic mass is 16.5. The molecule has 0 amide bonds. The fraction of sp³-hybridized carbons (Fsp3) is 0.765. The summed E-state index contributed by atoms with van der Waals surface area (Å²) in [5, 5.41) is 0. The Hall–Kier alpha value is -0.600. The summed E-state index contributed by atoms with van der Waals surface area (Å²) in [5.74, 6) is 0.774. The number of ether oxygens (including phenoxy) is 2. The molecule has 0 N–H and O–H groups in total. The SMILES string of the molecule is C=CCOC12CC3CC(C)(C1)CC(OCC=C)(C3)C2. The van der Waals surface area contributed by atoms with Crippen molar-refractivity contribution in [1.29, 1.82) is 0 Å². The molecule has 2 atom stereocenters. The molecule has 19 heavy (non-hydrogen) atoms. The van der Waals surface area contributed by atoms with Gasteiger partial charge in [-0.1, -0.05) is 19.1 Å². The Labute approximate surface area is 116 Å². The molecule has 0 saturated heterocycles. The van der Waals surface area contributed by atoms with Crippen LogP contribution in [0.15, 0.2) is 25.3 Å². The summed E-state index contributed by atoms with van der Waals surface area (Å²) in [6, 6.07) is 0. The Kier molecular flexibility index (Phi) is 3.14. The minimum absolute atomic E-state index is 0.0452. The molecule has 4 bridgehead atoms. The average Bonchev–Trinajstić information content (AvgIpc) is 2.31. The van der Waals surface area contributed by atoms with Crippen LogP contribution in [0.2, 0.25) is 0 Å². The zero-order valence-electron chi connectivity index (χ0n) is 12.1. The lowest BCUT2D eigenvalue weighted by Crippen LogP contribution is -2.64. The van der Waals surface area contributed by atoms with Gasteiger partial charge in [-0.3, -0.25) is 0 Å². The van der Waals surface area contributed by atoms with Gasteiger partial charge in [-0.05, 0) is 43.4 Å². The van der Waals surface area contributed by atoms with E-state index in [1.807, 2.05) is 12.2 Å². The van der Waals surface area contributed by atoms with Crippen LogP contribution in [0.25, 0.3) is 0 Å². The maximum Gasteiger partial charge on any atom is 0.0722 e. The van der Waals surface area contributed by atoms with Gasteiger partial charge in [-0.25, -0.2) is 0 Å². The second-order valence-corrected chi connectivity index (χ2v) is 7.38. The van der Waals surface area contributed by atoms with E-state index in [-0.39, 0.29) is 11.2 Å². The van der Waals surface area contributed by atoms with Crippen LogP contribution in [0.1, 0.15) is 45.4 Å². The molecule has 0 heterocycles. The van der Waals surface area contributed by atoms with Gasteiger partial charge in [0.1, 0.15) is 0 Å². The fourth-order valence-corrected chi connectivity index (χ4v) is 5.52. The van der Waals surface area contributed by atoms with E-state index in [9.17, 15) is 0 Å². The first kappa shape index (κ1) is 13.4. The quantitative estimate of drug-likeness (QED) is 0.676. The average molecular weight is 262 g/mol. The van der Waals surface area contributed by atoms with E-state index >= 15 is 0 Å². The van der Waals surface area contributed by atoms with Crippen molar-refractivity contribution in [3.8, 4) is 0 Å². The summed E-state index contributed by atoms with van der Waals surface area (Å²) in [6.45, 7) is 11.3. The van der Waals surface area contributed by atoms with E-state index in [4.69, 9.17) is 9.47 Å². The van der Waals surface area contributed by atoms with Crippen molar-refractivity contribution >= 4 is 0 Å². The third kappa shape index (κ3) is 2.30. The predicted octanol–water partition coefficient (Wildman–Crippen LogP) is 3.87. The number of rotatable bonds is 6. The summed E-state index contributed by atoms with van der Waals surface area (Å²) >= 11 is 0. The molecule has 4 aliphatic rings. The first-order valence-electron chi connectivity index (χ1n) is 7.53. The van der Waals surface area contributed by atoms with Gasteiger partial charge in [-0.15, -0.1) is 13.2 Å². The summed E-state index contributed by atoms with van der Waals surface area (Å²) in [4.78, 5) is 0. The van der Waals surface area contributed by atoms with Crippen molar-refractivity contribution in [2.75, 3.05) is 13.2 Å². The molecule has 0 spiro atoms. The molecule has 0 aliphatic heterocycles. The Morgan fingerprint density at radius 3 is 1.89 bits per heavy atom. The normalized spacial score (nSPS) is 47.3. The van der Waals surface area contributed by atoms with Crippen LogP contribution in [0.5, 0.6) is 0 Å². The van der Waals surface area contributed by atoms with E-state index in [1.165, 1.54) is 32.1 Å². The van der Waals surface area contributed by atoms with Gasteiger partial charge in [0.25, 0.3) is 0 Å². The highest BCUT2D eigenvalue weighted by Gasteiger charge is 2.63. The van der Waals surface area contributed by atoms with Crippen LogP contribution in [-0.2, 0) is 9.47 Å². The van der Waals surface area contributed by atoms with Gasteiger partial charge in [0, 0.05) is 6.42 Å². The third-order valence-electron chi connectivity index (χ3n) is 5.26. The van der Waals surface area contributed by atoms with Crippen molar-refractivity contribution in [3.63, 3.8) is 0 Å².